The van der Waals surface area contributed by atoms with Gasteiger partial charge in [-0.3, -0.25) is 4.79 Å². The Labute approximate surface area is 163 Å². The molecule has 4 rings (SSSR count). The van der Waals surface area contributed by atoms with E-state index in [4.69, 9.17) is 21.1 Å². The minimum Gasteiger partial charge on any atom is -0.459 e. The molecule has 0 N–H and O–H groups in total. The fourth-order valence-electron chi connectivity index (χ4n) is 3.87. The number of aromatic nitrogens is 3. The molecule has 1 aromatic carbocycles. The minimum atomic E-state index is -0.929. The number of rotatable bonds is 5. The maximum absolute atomic E-state index is 13.4. The molecule has 1 aliphatic carbocycles. The minimum absolute atomic E-state index is 0.163. The van der Waals surface area contributed by atoms with Crippen molar-refractivity contribution in [3.63, 3.8) is 0 Å². The smallest absolute Gasteiger partial charge is 0.289 e. The molecule has 0 spiro atoms. The van der Waals surface area contributed by atoms with Crippen LogP contribution in [0.3, 0.4) is 0 Å². The van der Waals surface area contributed by atoms with Gasteiger partial charge in [0.2, 0.25) is 0 Å². The van der Waals surface area contributed by atoms with Gasteiger partial charge in [0.25, 0.3) is 12.1 Å². The Morgan fingerprint density at radius 3 is 2.70 bits per heavy atom. The summed E-state index contributed by atoms with van der Waals surface area (Å²) in [6.07, 6.45) is 7.62. The number of halogens is 1. The van der Waals surface area contributed by atoms with Gasteiger partial charge in [-0.2, -0.15) is 5.10 Å². The number of hydrogen-bond donors (Lipinski definition) is 0. The molecule has 0 bridgehead atoms. The molecular formula is C19H23ClN4O3. The Morgan fingerprint density at radius 2 is 2.00 bits per heavy atom. The molecule has 2 heterocycles. The van der Waals surface area contributed by atoms with Crippen LogP contribution < -0.4 is 4.74 Å². The Balaban J connectivity index is 1.55. The summed E-state index contributed by atoms with van der Waals surface area (Å²) in [7, 11) is 0. The van der Waals surface area contributed by atoms with Gasteiger partial charge in [-0.05, 0) is 37.1 Å². The van der Waals surface area contributed by atoms with Crippen molar-refractivity contribution in [3.8, 4) is 5.75 Å². The molecule has 2 atom stereocenters. The maximum atomic E-state index is 13.4. The number of hydrogen-bond acceptors (Lipinski definition) is 5. The summed E-state index contributed by atoms with van der Waals surface area (Å²) in [6.45, 7) is 1.12. The first kappa shape index (κ1) is 18.3. The quantitative estimate of drug-likeness (QED) is 0.783. The largest absolute Gasteiger partial charge is 0.459 e. The van der Waals surface area contributed by atoms with Crippen LogP contribution in [-0.4, -0.2) is 45.0 Å². The van der Waals surface area contributed by atoms with E-state index in [2.05, 4.69) is 10.1 Å². The van der Waals surface area contributed by atoms with Gasteiger partial charge in [-0.25, -0.2) is 9.67 Å². The van der Waals surface area contributed by atoms with Gasteiger partial charge in [0, 0.05) is 17.5 Å². The van der Waals surface area contributed by atoms with E-state index in [1.165, 1.54) is 36.6 Å². The third kappa shape index (κ3) is 4.09. The van der Waals surface area contributed by atoms with Gasteiger partial charge in [0.05, 0.1) is 6.61 Å². The van der Waals surface area contributed by atoms with E-state index in [1.54, 1.807) is 29.2 Å². The standard InChI is InChI=1S/C19H23ClN4O3/c20-15-6-8-16(9-7-15)27-19(24-13-21-12-22-24)17(25)23-10-11-26-18(23)14-4-2-1-3-5-14/h6-9,12-14,18-19H,1-5,10-11H2. The van der Waals surface area contributed by atoms with E-state index in [0.717, 1.165) is 12.8 Å². The molecule has 2 unspecified atom stereocenters. The van der Waals surface area contributed by atoms with Crippen LogP contribution in [0.1, 0.15) is 38.3 Å². The van der Waals surface area contributed by atoms with Crippen molar-refractivity contribution >= 4 is 17.5 Å². The maximum Gasteiger partial charge on any atom is 0.289 e. The second-order valence-electron chi connectivity index (χ2n) is 6.99. The zero-order valence-electron chi connectivity index (χ0n) is 15.0. The highest BCUT2D eigenvalue weighted by Crippen LogP contribution is 2.33. The molecule has 2 aromatic rings. The molecule has 0 radical (unpaired) electrons. The van der Waals surface area contributed by atoms with E-state index in [-0.39, 0.29) is 12.1 Å². The van der Waals surface area contributed by atoms with Crippen molar-refractivity contribution in [2.75, 3.05) is 13.2 Å². The highest BCUT2D eigenvalue weighted by atomic mass is 35.5. The lowest BCUT2D eigenvalue weighted by atomic mass is 9.87. The number of carbonyl (C=O) groups is 1. The van der Waals surface area contributed by atoms with Gasteiger partial charge in [-0.1, -0.05) is 30.9 Å². The summed E-state index contributed by atoms with van der Waals surface area (Å²) >= 11 is 5.94. The summed E-state index contributed by atoms with van der Waals surface area (Å²) in [5.74, 6) is 0.767. The fourth-order valence-corrected chi connectivity index (χ4v) is 4.00. The number of ether oxygens (including phenoxy) is 2. The van der Waals surface area contributed by atoms with Crippen LogP contribution in [0.2, 0.25) is 5.02 Å². The number of nitrogens with zero attached hydrogens (tertiary/aromatic N) is 4. The molecular weight excluding hydrogens is 368 g/mol. The molecule has 1 aromatic heterocycles. The highest BCUT2D eigenvalue weighted by molar-refractivity contribution is 6.30. The molecule has 27 heavy (non-hydrogen) atoms. The van der Waals surface area contributed by atoms with Crippen molar-refractivity contribution < 1.29 is 14.3 Å². The first-order valence-corrected chi connectivity index (χ1v) is 9.78. The van der Waals surface area contributed by atoms with Gasteiger partial charge in [0.15, 0.2) is 0 Å². The predicted octanol–water partition coefficient (Wildman–Crippen LogP) is 3.27. The molecule has 8 heteroatoms. The Hall–Kier alpha value is -2.12. The summed E-state index contributed by atoms with van der Waals surface area (Å²) in [4.78, 5) is 19.1. The van der Waals surface area contributed by atoms with Crippen molar-refractivity contribution in [2.45, 2.75) is 44.6 Å². The summed E-state index contributed by atoms with van der Waals surface area (Å²) in [5.41, 5.74) is 0. The molecule has 2 fully saturated rings. The van der Waals surface area contributed by atoms with Gasteiger partial charge in [-0.15, -0.1) is 0 Å². The van der Waals surface area contributed by atoms with Crippen molar-refractivity contribution in [2.24, 2.45) is 5.92 Å². The van der Waals surface area contributed by atoms with E-state index in [1.807, 2.05) is 0 Å². The average molecular weight is 391 g/mol. The lowest BCUT2D eigenvalue weighted by Gasteiger charge is -2.34. The van der Waals surface area contributed by atoms with Gasteiger partial charge < -0.3 is 14.4 Å². The number of carbonyl (C=O) groups excluding carboxylic acids is 1. The average Bonchev–Trinajstić information content (AvgIpc) is 3.40. The highest BCUT2D eigenvalue weighted by Gasteiger charge is 2.40. The van der Waals surface area contributed by atoms with Crippen LogP contribution in [-0.2, 0) is 9.53 Å². The van der Waals surface area contributed by atoms with Crippen LogP contribution in [0, 0.1) is 5.92 Å². The first-order valence-electron chi connectivity index (χ1n) is 9.41. The second kappa shape index (κ2) is 8.27. The van der Waals surface area contributed by atoms with Crippen LogP contribution >= 0.6 is 11.6 Å². The third-order valence-electron chi connectivity index (χ3n) is 5.21. The monoisotopic (exact) mass is 390 g/mol. The zero-order valence-corrected chi connectivity index (χ0v) is 15.8. The van der Waals surface area contributed by atoms with Gasteiger partial charge >= 0.3 is 0 Å². The number of amides is 1. The van der Waals surface area contributed by atoms with E-state index in [9.17, 15) is 4.79 Å². The summed E-state index contributed by atoms with van der Waals surface area (Å²) in [6, 6.07) is 6.92. The zero-order chi connectivity index (χ0) is 18.6. The van der Waals surface area contributed by atoms with E-state index in [0.29, 0.717) is 29.8 Å². The lowest BCUT2D eigenvalue weighted by Crippen LogP contribution is -2.46. The third-order valence-corrected chi connectivity index (χ3v) is 5.47. The molecule has 7 nitrogen and oxygen atoms in total. The fraction of sp³-hybridized carbons (Fsp3) is 0.526. The lowest BCUT2D eigenvalue weighted by molar-refractivity contribution is -0.152. The Bertz CT molecular complexity index is 747. The van der Waals surface area contributed by atoms with Crippen LogP contribution in [0.25, 0.3) is 0 Å². The summed E-state index contributed by atoms with van der Waals surface area (Å²) < 4.78 is 13.4. The molecule has 1 amide bonds. The summed E-state index contributed by atoms with van der Waals surface area (Å²) in [5, 5.41) is 4.73. The first-order chi connectivity index (χ1) is 13.2. The molecule has 1 saturated carbocycles. The normalized spacial score (nSPS) is 22.0. The van der Waals surface area contributed by atoms with Crippen molar-refractivity contribution in [3.05, 3.63) is 41.9 Å². The van der Waals surface area contributed by atoms with Crippen LogP contribution in [0.5, 0.6) is 5.75 Å². The predicted molar refractivity (Wildman–Crippen MR) is 99.2 cm³/mol. The molecule has 1 aliphatic heterocycles. The van der Waals surface area contributed by atoms with Gasteiger partial charge in [0.1, 0.15) is 24.6 Å². The SMILES string of the molecule is O=C(C(Oc1ccc(Cl)cc1)n1cncn1)N1CCOC1C1CCCCC1. The Morgan fingerprint density at radius 1 is 1.22 bits per heavy atom. The molecule has 144 valence electrons. The van der Waals surface area contributed by atoms with E-state index >= 15 is 0 Å². The van der Waals surface area contributed by atoms with Crippen molar-refractivity contribution in [1.82, 2.24) is 19.7 Å². The van der Waals surface area contributed by atoms with Crippen LogP contribution in [0.15, 0.2) is 36.9 Å². The van der Waals surface area contributed by atoms with Crippen LogP contribution in [0.4, 0.5) is 0 Å². The number of benzene rings is 1. The molecule has 2 aliphatic rings. The van der Waals surface area contributed by atoms with Crippen molar-refractivity contribution in [1.29, 1.82) is 0 Å². The van der Waals surface area contributed by atoms with E-state index < -0.39 is 6.23 Å². The Kier molecular flexibility index (Phi) is 5.59. The second-order valence-corrected chi connectivity index (χ2v) is 7.43. The topological polar surface area (TPSA) is 69.5 Å². The molecule has 1 saturated heterocycles.